The van der Waals surface area contributed by atoms with E-state index in [1.165, 1.54) is 5.56 Å². The second kappa shape index (κ2) is 8.93. The molecule has 1 N–H and O–H groups in total. The number of aromatic nitrogens is 1. The van der Waals surface area contributed by atoms with Crippen molar-refractivity contribution in [3.63, 3.8) is 0 Å². The van der Waals surface area contributed by atoms with Gasteiger partial charge in [-0.15, -0.1) is 11.3 Å². The second-order valence-corrected chi connectivity index (χ2v) is 7.70. The summed E-state index contributed by atoms with van der Waals surface area (Å²) in [7, 11) is 3.74. The first-order chi connectivity index (χ1) is 13.1. The molecular weight excluding hydrogens is 354 g/mol. The van der Waals surface area contributed by atoms with Gasteiger partial charge in [-0.25, -0.2) is 4.98 Å². The van der Waals surface area contributed by atoms with E-state index >= 15 is 0 Å². The van der Waals surface area contributed by atoms with Crippen molar-refractivity contribution in [2.75, 3.05) is 27.2 Å². The van der Waals surface area contributed by atoms with Gasteiger partial charge in [0.25, 0.3) is 0 Å². The van der Waals surface area contributed by atoms with E-state index in [-0.39, 0.29) is 5.91 Å². The molecular formula is C22H25N3OS. The van der Waals surface area contributed by atoms with Gasteiger partial charge < -0.3 is 10.2 Å². The highest BCUT2D eigenvalue weighted by Gasteiger charge is 2.18. The van der Waals surface area contributed by atoms with Gasteiger partial charge in [-0.1, -0.05) is 60.2 Å². The van der Waals surface area contributed by atoms with Crippen molar-refractivity contribution in [1.82, 2.24) is 15.2 Å². The monoisotopic (exact) mass is 379 g/mol. The summed E-state index contributed by atoms with van der Waals surface area (Å²) in [6, 6.07) is 18.5. The van der Waals surface area contributed by atoms with Crippen molar-refractivity contribution < 1.29 is 4.79 Å². The highest BCUT2D eigenvalue weighted by Crippen LogP contribution is 2.34. The van der Waals surface area contributed by atoms with Crippen LogP contribution in [0.1, 0.15) is 10.4 Å². The molecule has 0 aliphatic rings. The maximum Gasteiger partial charge on any atom is 0.227 e. The number of nitrogens with one attached hydrogen (secondary N) is 1. The van der Waals surface area contributed by atoms with Crippen LogP contribution in [0.5, 0.6) is 0 Å². The molecule has 27 heavy (non-hydrogen) atoms. The van der Waals surface area contributed by atoms with Crippen LogP contribution in [-0.2, 0) is 11.2 Å². The Hall–Kier alpha value is -2.50. The van der Waals surface area contributed by atoms with Crippen LogP contribution in [0.15, 0.2) is 54.6 Å². The third-order valence-electron chi connectivity index (χ3n) is 4.48. The Morgan fingerprint density at radius 2 is 1.78 bits per heavy atom. The number of nitrogens with zero attached hydrogens (tertiary/aromatic N) is 2. The minimum Gasteiger partial charge on any atom is -0.344 e. The smallest absolute Gasteiger partial charge is 0.227 e. The molecule has 0 saturated carbocycles. The number of aryl methyl sites for hydroxylation is 1. The van der Waals surface area contributed by atoms with Gasteiger partial charge in [-0.05, 0) is 14.0 Å². The average Bonchev–Trinajstić information content (AvgIpc) is 3.11. The van der Waals surface area contributed by atoms with Crippen LogP contribution in [0.25, 0.3) is 21.8 Å². The summed E-state index contributed by atoms with van der Waals surface area (Å²) in [6.45, 7) is 3.55. The lowest BCUT2D eigenvalue weighted by atomic mass is 10.1. The first-order valence-corrected chi connectivity index (χ1v) is 9.91. The second-order valence-electron chi connectivity index (χ2n) is 6.62. The minimum absolute atomic E-state index is 0.113. The van der Waals surface area contributed by atoms with Crippen molar-refractivity contribution in [3.05, 3.63) is 65.0 Å². The van der Waals surface area contributed by atoms with Crippen LogP contribution in [-0.4, -0.2) is 43.0 Å². The molecule has 1 aromatic heterocycles. The van der Waals surface area contributed by atoms with E-state index in [1.54, 1.807) is 16.2 Å². The van der Waals surface area contributed by atoms with E-state index in [9.17, 15) is 4.79 Å². The molecule has 1 amide bonds. The molecule has 0 spiro atoms. The summed E-state index contributed by atoms with van der Waals surface area (Å²) in [6.07, 6.45) is 0.369. The fourth-order valence-electron chi connectivity index (χ4n) is 2.79. The maximum atomic E-state index is 12.7. The molecule has 0 fully saturated rings. The molecule has 0 saturated heterocycles. The lowest BCUT2D eigenvalue weighted by molar-refractivity contribution is -0.129. The third-order valence-corrected chi connectivity index (χ3v) is 5.58. The molecule has 3 rings (SSSR count). The van der Waals surface area contributed by atoms with E-state index in [1.807, 2.05) is 32.3 Å². The van der Waals surface area contributed by atoms with Crippen molar-refractivity contribution in [1.29, 1.82) is 0 Å². The highest BCUT2D eigenvalue weighted by atomic mass is 32.1. The van der Waals surface area contributed by atoms with Crippen LogP contribution in [0, 0.1) is 6.92 Å². The Balaban J connectivity index is 1.94. The summed E-state index contributed by atoms with van der Waals surface area (Å²) in [5.74, 6) is 0.113. The zero-order valence-electron chi connectivity index (χ0n) is 16.0. The Morgan fingerprint density at radius 1 is 1.07 bits per heavy atom. The SMILES string of the molecule is CNCCN(C)C(=O)Cc1sc(-c2ccccc2)nc1-c1ccc(C)cc1. The van der Waals surface area contributed by atoms with Gasteiger partial charge in [0.15, 0.2) is 0 Å². The number of likely N-dealkylation sites (N-methyl/N-ethyl adjacent to an activating group) is 2. The molecule has 4 nitrogen and oxygen atoms in total. The number of amides is 1. The standard InChI is InChI=1S/C22H25N3OS/c1-16-9-11-17(12-10-16)21-19(15-20(26)25(3)14-13-23-2)27-22(24-21)18-7-5-4-6-8-18/h4-12,23H,13-15H2,1-3H3. The van der Waals surface area contributed by atoms with Gasteiger partial charge in [0.1, 0.15) is 5.01 Å². The van der Waals surface area contributed by atoms with Crippen molar-refractivity contribution in [3.8, 4) is 21.8 Å². The van der Waals surface area contributed by atoms with Gasteiger partial charge in [0, 0.05) is 36.1 Å². The van der Waals surface area contributed by atoms with Crippen LogP contribution in [0.3, 0.4) is 0 Å². The topological polar surface area (TPSA) is 45.2 Å². The Bertz CT molecular complexity index is 888. The van der Waals surface area contributed by atoms with Crippen LogP contribution >= 0.6 is 11.3 Å². The van der Waals surface area contributed by atoms with E-state index in [0.717, 1.165) is 33.3 Å². The summed E-state index contributed by atoms with van der Waals surface area (Å²) in [5, 5.41) is 4.03. The van der Waals surface area contributed by atoms with E-state index in [0.29, 0.717) is 13.0 Å². The highest BCUT2D eigenvalue weighted by molar-refractivity contribution is 7.15. The van der Waals surface area contributed by atoms with E-state index in [2.05, 4.69) is 48.6 Å². The quantitative estimate of drug-likeness (QED) is 0.675. The number of rotatable bonds is 7. The first kappa shape index (κ1) is 19.3. The molecule has 3 aromatic rings. The summed E-state index contributed by atoms with van der Waals surface area (Å²) < 4.78 is 0. The normalized spacial score (nSPS) is 10.8. The lowest BCUT2D eigenvalue weighted by Gasteiger charge is -2.16. The fraction of sp³-hybridized carbons (Fsp3) is 0.273. The number of carbonyl (C=O) groups is 1. The predicted octanol–water partition coefficient (Wildman–Crippen LogP) is 4.01. The Morgan fingerprint density at radius 3 is 2.44 bits per heavy atom. The molecule has 2 aromatic carbocycles. The van der Waals surface area contributed by atoms with E-state index < -0.39 is 0 Å². The van der Waals surface area contributed by atoms with Crippen molar-refractivity contribution in [2.24, 2.45) is 0 Å². The zero-order valence-corrected chi connectivity index (χ0v) is 16.8. The van der Waals surface area contributed by atoms with Gasteiger partial charge in [0.2, 0.25) is 5.91 Å². The van der Waals surface area contributed by atoms with Gasteiger partial charge >= 0.3 is 0 Å². The summed E-state index contributed by atoms with van der Waals surface area (Å²) >= 11 is 1.61. The average molecular weight is 380 g/mol. The number of hydrogen-bond donors (Lipinski definition) is 1. The number of benzene rings is 2. The van der Waals surface area contributed by atoms with Crippen LogP contribution in [0.2, 0.25) is 0 Å². The Labute approximate surface area is 164 Å². The van der Waals surface area contributed by atoms with Crippen LogP contribution < -0.4 is 5.32 Å². The zero-order chi connectivity index (χ0) is 19.2. The molecule has 0 aliphatic heterocycles. The molecule has 140 valence electrons. The number of carbonyl (C=O) groups excluding carboxylic acids is 1. The van der Waals surface area contributed by atoms with E-state index in [4.69, 9.17) is 4.98 Å². The number of thiazole rings is 1. The molecule has 1 heterocycles. The third kappa shape index (κ3) is 4.81. The number of hydrogen-bond acceptors (Lipinski definition) is 4. The molecule has 0 unspecified atom stereocenters. The van der Waals surface area contributed by atoms with Crippen LogP contribution in [0.4, 0.5) is 0 Å². The minimum atomic E-state index is 0.113. The van der Waals surface area contributed by atoms with Gasteiger partial charge in [-0.2, -0.15) is 0 Å². The summed E-state index contributed by atoms with van der Waals surface area (Å²) in [5.41, 5.74) is 4.26. The maximum absolute atomic E-state index is 12.7. The summed E-state index contributed by atoms with van der Waals surface area (Å²) in [4.78, 5) is 20.4. The molecule has 5 heteroatoms. The van der Waals surface area contributed by atoms with Gasteiger partial charge in [-0.3, -0.25) is 4.79 Å². The largest absolute Gasteiger partial charge is 0.344 e. The molecule has 0 bridgehead atoms. The molecule has 0 atom stereocenters. The molecule has 0 aliphatic carbocycles. The molecule has 0 radical (unpaired) electrons. The lowest BCUT2D eigenvalue weighted by Crippen LogP contribution is -2.33. The van der Waals surface area contributed by atoms with Gasteiger partial charge in [0.05, 0.1) is 12.1 Å². The fourth-order valence-corrected chi connectivity index (χ4v) is 3.87. The predicted molar refractivity (Wildman–Crippen MR) is 113 cm³/mol. The first-order valence-electron chi connectivity index (χ1n) is 9.09. The van der Waals surface area contributed by atoms with Crippen molar-refractivity contribution in [2.45, 2.75) is 13.3 Å². The Kier molecular flexibility index (Phi) is 6.37. The van der Waals surface area contributed by atoms with Crippen molar-refractivity contribution >= 4 is 17.2 Å².